The topological polar surface area (TPSA) is 51.2 Å². The Kier molecular flexibility index (Phi) is 5.06. The Balaban J connectivity index is 1.78. The first-order chi connectivity index (χ1) is 12.7. The summed E-state index contributed by atoms with van der Waals surface area (Å²) in [6.45, 7) is 11.0. The van der Waals surface area contributed by atoms with E-state index in [2.05, 4.69) is 44.2 Å². The van der Waals surface area contributed by atoms with Gasteiger partial charge in [-0.3, -0.25) is 9.78 Å². The van der Waals surface area contributed by atoms with Crippen molar-refractivity contribution in [3.8, 4) is 5.75 Å². The van der Waals surface area contributed by atoms with Gasteiger partial charge >= 0.3 is 0 Å². The van der Waals surface area contributed by atoms with Crippen molar-refractivity contribution < 1.29 is 9.22 Å². The van der Waals surface area contributed by atoms with Gasteiger partial charge in [0.25, 0.3) is 5.91 Å². The van der Waals surface area contributed by atoms with Gasteiger partial charge in [-0.05, 0) is 54.5 Å². The second-order valence-electron chi connectivity index (χ2n) is 8.26. The van der Waals surface area contributed by atoms with Gasteiger partial charge in [0.1, 0.15) is 5.75 Å². The number of hydrogen-bond acceptors (Lipinski definition) is 3. The Morgan fingerprint density at radius 2 is 1.81 bits per heavy atom. The van der Waals surface area contributed by atoms with Crippen LogP contribution in [0.4, 0.5) is 5.69 Å². The van der Waals surface area contributed by atoms with E-state index in [1.165, 1.54) is 0 Å². The second kappa shape index (κ2) is 7.16. The molecule has 3 aromatic rings. The van der Waals surface area contributed by atoms with E-state index in [-0.39, 0.29) is 10.9 Å². The monoisotopic (exact) mass is 378 g/mol. The van der Waals surface area contributed by atoms with Gasteiger partial charge in [-0.15, -0.1) is 0 Å². The van der Waals surface area contributed by atoms with Crippen molar-refractivity contribution in [2.24, 2.45) is 0 Å². The van der Waals surface area contributed by atoms with Gasteiger partial charge in [0, 0.05) is 28.9 Å². The molecule has 5 heteroatoms. The largest absolute Gasteiger partial charge is 0.543 e. The predicted molar refractivity (Wildman–Crippen MR) is 114 cm³/mol. The molecule has 0 spiro atoms. The number of fused-ring (bicyclic) bond motifs is 1. The number of nitrogens with zero attached hydrogens (tertiary/aromatic N) is 1. The molecule has 2 aromatic carbocycles. The van der Waals surface area contributed by atoms with Crippen molar-refractivity contribution in [1.29, 1.82) is 0 Å². The number of benzene rings is 2. The highest BCUT2D eigenvalue weighted by Gasteiger charge is 2.38. The number of nitrogens with one attached hydrogen (secondary N) is 1. The maximum absolute atomic E-state index is 12.6. The van der Waals surface area contributed by atoms with Crippen LogP contribution in [0.25, 0.3) is 10.9 Å². The fraction of sp³-hybridized carbons (Fsp3) is 0.273. The molecule has 140 valence electrons. The van der Waals surface area contributed by atoms with Crippen molar-refractivity contribution in [2.75, 3.05) is 5.32 Å². The van der Waals surface area contributed by atoms with Gasteiger partial charge in [0.05, 0.1) is 5.52 Å². The molecule has 0 fully saturated rings. The number of pyridine rings is 1. The molecule has 0 saturated heterocycles. The van der Waals surface area contributed by atoms with E-state index in [4.69, 9.17) is 4.43 Å². The highest BCUT2D eigenvalue weighted by molar-refractivity contribution is 6.74. The number of aromatic nitrogens is 1. The first kappa shape index (κ1) is 19.1. The van der Waals surface area contributed by atoms with E-state index >= 15 is 0 Å². The molecule has 1 amide bonds. The molecule has 1 N–H and O–H groups in total. The molecule has 1 heterocycles. The van der Waals surface area contributed by atoms with E-state index in [1.54, 1.807) is 12.3 Å². The summed E-state index contributed by atoms with van der Waals surface area (Å²) in [5.41, 5.74) is 2.20. The summed E-state index contributed by atoms with van der Waals surface area (Å²) < 4.78 is 6.33. The van der Waals surface area contributed by atoms with Crippen molar-refractivity contribution >= 4 is 30.8 Å². The van der Waals surface area contributed by atoms with Crippen LogP contribution in [0.3, 0.4) is 0 Å². The molecule has 0 aliphatic heterocycles. The minimum absolute atomic E-state index is 0.116. The van der Waals surface area contributed by atoms with Gasteiger partial charge in [0.2, 0.25) is 8.32 Å². The zero-order chi connectivity index (χ0) is 19.7. The van der Waals surface area contributed by atoms with E-state index in [9.17, 15) is 4.79 Å². The van der Waals surface area contributed by atoms with Gasteiger partial charge in [0.15, 0.2) is 0 Å². The van der Waals surface area contributed by atoms with Crippen molar-refractivity contribution in [3.63, 3.8) is 0 Å². The zero-order valence-electron chi connectivity index (χ0n) is 16.5. The van der Waals surface area contributed by atoms with Crippen LogP contribution in [0.5, 0.6) is 5.75 Å². The fourth-order valence-electron chi connectivity index (χ4n) is 2.51. The highest BCUT2D eigenvalue weighted by atomic mass is 28.4. The summed E-state index contributed by atoms with van der Waals surface area (Å²) in [6, 6.07) is 16.9. The van der Waals surface area contributed by atoms with E-state index < -0.39 is 8.32 Å². The Hall–Kier alpha value is -2.66. The Labute approximate surface area is 161 Å². The average Bonchev–Trinajstić information content (AvgIpc) is 2.60. The number of rotatable bonds is 4. The second-order valence-corrected chi connectivity index (χ2v) is 13.0. The quantitative estimate of drug-likeness (QED) is 0.578. The van der Waals surface area contributed by atoms with E-state index in [1.807, 2.05) is 48.5 Å². The van der Waals surface area contributed by atoms with Crippen molar-refractivity contribution in [2.45, 2.75) is 38.9 Å². The molecule has 3 rings (SSSR count). The Morgan fingerprint density at radius 1 is 1.04 bits per heavy atom. The average molecular weight is 379 g/mol. The van der Waals surface area contributed by atoms with E-state index in [0.29, 0.717) is 5.56 Å². The van der Waals surface area contributed by atoms with Gasteiger partial charge in [-0.2, -0.15) is 0 Å². The maximum atomic E-state index is 12.6. The van der Waals surface area contributed by atoms with Crippen LogP contribution in [0.2, 0.25) is 18.1 Å². The van der Waals surface area contributed by atoms with Crippen LogP contribution in [0.1, 0.15) is 31.1 Å². The third-order valence-corrected chi connectivity index (χ3v) is 9.49. The van der Waals surface area contributed by atoms with E-state index in [0.717, 1.165) is 22.3 Å². The molecule has 0 aliphatic rings. The van der Waals surface area contributed by atoms with Crippen molar-refractivity contribution in [1.82, 2.24) is 4.98 Å². The molecule has 0 radical (unpaired) electrons. The molecule has 0 atom stereocenters. The van der Waals surface area contributed by atoms with Crippen LogP contribution < -0.4 is 9.74 Å². The number of hydrogen-bond donors (Lipinski definition) is 1. The van der Waals surface area contributed by atoms with Crippen LogP contribution in [0.15, 0.2) is 60.8 Å². The van der Waals surface area contributed by atoms with Gasteiger partial charge in [-0.25, -0.2) is 0 Å². The minimum atomic E-state index is -1.92. The normalized spacial score (nSPS) is 12.0. The van der Waals surface area contributed by atoms with Gasteiger partial charge < -0.3 is 9.74 Å². The summed E-state index contributed by atoms with van der Waals surface area (Å²) >= 11 is 0. The number of carbonyl (C=O) groups excluding carboxylic acids is 1. The molecule has 0 aliphatic carbocycles. The smallest absolute Gasteiger partial charge is 0.255 e. The molecular formula is C22H26N2O2Si. The lowest BCUT2D eigenvalue weighted by atomic mass is 10.1. The first-order valence-corrected chi connectivity index (χ1v) is 12.0. The summed E-state index contributed by atoms with van der Waals surface area (Å²) in [6.07, 6.45) is 1.75. The third kappa shape index (κ3) is 4.36. The summed E-state index contributed by atoms with van der Waals surface area (Å²) in [5.74, 6) is 0.646. The predicted octanol–water partition coefficient (Wildman–Crippen LogP) is 5.87. The lowest BCUT2D eigenvalue weighted by Crippen LogP contribution is -2.43. The minimum Gasteiger partial charge on any atom is -0.543 e. The molecule has 0 unspecified atom stereocenters. The Morgan fingerprint density at radius 3 is 2.56 bits per heavy atom. The van der Waals surface area contributed by atoms with Crippen LogP contribution in [0, 0.1) is 0 Å². The first-order valence-electron chi connectivity index (χ1n) is 9.11. The van der Waals surface area contributed by atoms with Crippen LogP contribution >= 0.6 is 0 Å². The van der Waals surface area contributed by atoms with Gasteiger partial charge in [-0.1, -0.05) is 32.9 Å². The lowest BCUT2D eigenvalue weighted by Gasteiger charge is -2.36. The fourth-order valence-corrected chi connectivity index (χ4v) is 3.53. The number of amides is 1. The molecular weight excluding hydrogens is 352 g/mol. The number of anilines is 1. The third-order valence-electron chi connectivity index (χ3n) is 5.14. The summed E-state index contributed by atoms with van der Waals surface area (Å²) in [5, 5.41) is 4.02. The van der Waals surface area contributed by atoms with Crippen LogP contribution in [-0.2, 0) is 0 Å². The highest BCUT2D eigenvalue weighted by Crippen LogP contribution is 2.37. The molecule has 27 heavy (non-hydrogen) atoms. The SMILES string of the molecule is CC(C)(C)[Si](C)(C)Oc1cccc(NC(=O)c2ccc3ncccc3c2)c1. The molecule has 0 bridgehead atoms. The summed E-state index contributed by atoms with van der Waals surface area (Å²) in [7, 11) is -1.92. The number of carbonyl (C=O) groups is 1. The Bertz CT molecular complexity index is 977. The zero-order valence-corrected chi connectivity index (χ0v) is 17.5. The summed E-state index contributed by atoms with van der Waals surface area (Å²) in [4.78, 5) is 16.9. The van der Waals surface area contributed by atoms with Crippen molar-refractivity contribution in [3.05, 3.63) is 66.4 Å². The molecule has 0 saturated carbocycles. The standard InChI is InChI=1S/C22H26N2O2Si/c1-22(2,3)27(4,5)26-19-10-6-9-18(15-19)24-21(25)17-11-12-20-16(14-17)8-7-13-23-20/h6-15H,1-5H3,(H,24,25). The maximum Gasteiger partial charge on any atom is 0.255 e. The van der Waals surface area contributed by atoms with Crippen LogP contribution in [-0.4, -0.2) is 19.2 Å². The lowest BCUT2D eigenvalue weighted by molar-refractivity contribution is 0.102. The molecule has 1 aromatic heterocycles. The molecule has 4 nitrogen and oxygen atoms in total.